The van der Waals surface area contributed by atoms with Crippen LogP contribution in [0.3, 0.4) is 0 Å². The van der Waals surface area contributed by atoms with Crippen molar-refractivity contribution in [2.45, 2.75) is 70.6 Å². The highest BCUT2D eigenvalue weighted by Gasteiger charge is 2.09. The molecule has 20 heavy (non-hydrogen) atoms. The van der Waals surface area contributed by atoms with Crippen LogP contribution in [0, 0.1) is 0 Å². The van der Waals surface area contributed by atoms with Crippen LogP contribution in [0.25, 0.3) is 0 Å². The van der Waals surface area contributed by atoms with E-state index in [1.54, 1.807) is 0 Å². The predicted molar refractivity (Wildman–Crippen MR) is 80.0 cm³/mol. The summed E-state index contributed by atoms with van der Waals surface area (Å²) >= 11 is 0. The summed E-state index contributed by atoms with van der Waals surface area (Å²) in [6.45, 7) is 1.41. The first kappa shape index (κ1) is 19.1. The molecular formula is C15H30N2O3. The van der Waals surface area contributed by atoms with E-state index in [4.69, 9.17) is 16.2 Å². The van der Waals surface area contributed by atoms with Gasteiger partial charge in [0.1, 0.15) is 0 Å². The summed E-state index contributed by atoms with van der Waals surface area (Å²) in [4.78, 5) is 22.8. The maximum Gasteiger partial charge on any atom is 0.313 e. The van der Waals surface area contributed by atoms with Crippen molar-refractivity contribution in [2.24, 2.45) is 11.5 Å². The van der Waals surface area contributed by atoms with Gasteiger partial charge in [-0.15, -0.1) is 0 Å². The second kappa shape index (κ2) is 14.5. The molecule has 0 unspecified atom stereocenters. The molecule has 0 radical (unpaired) electrons. The average molecular weight is 286 g/mol. The molecule has 0 saturated carbocycles. The molecule has 0 aromatic heterocycles. The minimum Gasteiger partial charge on any atom is -0.393 e. The molecule has 0 saturated heterocycles. The highest BCUT2D eigenvalue weighted by atomic mass is 16.6. The number of unbranched alkanes of at least 4 members (excludes halogenated alkanes) is 7. The largest absolute Gasteiger partial charge is 0.393 e. The van der Waals surface area contributed by atoms with Gasteiger partial charge < -0.3 is 16.2 Å². The lowest BCUT2D eigenvalue weighted by molar-refractivity contribution is -0.159. The lowest BCUT2D eigenvalue weighted by atomic mass is 10.1. The Morgan fingerprint density at radius 3 is 1.35 bits per heavy atom. The van der Waals surface area contributed by atoms with Gasteiger partial charge in [0.15, 0.2) is 0 Å². The van der Waals surface area contributed by atoms with Gasteiger partial charge >= 0.3 is 11.9 Å². The summed E-state index contributed by atoms with van der Waals surface area (Å²) in [5.41, 5.74) is 10.8. The zero-order valence-electron chi connectivity index (χ0n) is 12.6. The van der Waals surface area contributed by atoms with Gasteiger partial charge in [-0.05, 0) is 38.8 Å². The third-order valence-corrected chi connectivity index (χ3v) is 3.15. The van der Waals surface area contributed by atoms with Crippen LogP contribution in [-0.2, 0) is 14.3 Å². The Labute approximate surface area is 122 Å². The van der Waals surface area contributed by atoms with Gasteiger partial charge in [-0.3, -0.25) is 9.59 Å². The first-order valence-corrected chi connectivity index (χ1v) is 7.84. The Morgan fingerprint density at radius 2 is 0.950 bits per heavy atom. The first-order valence-electron chi connectivity index (χ1n) is 7.84. The van der Waals surface area contributed by atoms with E-state index >= 15 is 0 Å². The van der Waals surface area contributed by atoms with Gasteiger partial charge in [0, 0.05) is 12.8 Å². The number of nitrogens with two attached hydrogens (primary N) is 2. The maximum atomic E-state index is 11.4. The van der Waals surface area contributed by atoms with E-state index in [0.717, 1.165) is 64.3 Å². The zero-order chi connectivity index (χ0) is 15.1. The van der Waals surface area contributed by atoms with Crippen LogP contribution in [-0.4, -0.2) is 25.0 Å². The monoisotopic (exact) mass is 286 g/mol. The van der Waals surface area contributed by atoms with E-state index in [9.17, 15) is 9.59 Å². The number of rotatable bonds is 13. The van der Waals surface area contributed by atoms with Crippen LogP contribution in [0.4, 0.5) is 0 Å². The van der Waals surface area contributed by atoms with Crippen LogP contribution < -0.4 is 11.5 Å². The van der Waals surface area contributed by atoms with Crippen molar-refractivity contribution < 1.29 is 14.3 Å². The second-order valence-electron chi connectivity index (χ2n) is 5.11. The van der Waals surface area contributed by atoms with E-state index in [1.807, 2.05) is 0 Å². The summed E-state index contributed by atoms with van der Waals surface area (Å²) < 4.78 is 4.76. The van der Waals surface area contributed by atoms with Crippen LogP contribution in [0.15, 0.2) is 0 Å². The Balaban J connectivity index is 3.38. The number of esters is 2. The summed E-state index contributed by atoms with van der Waals surface area (Å²) in [5.74, 6) is -0.790. The minimum absolute atomic E-state index is 0.326. The molecule has 0 bridgehead atoms. The zero-order valence-corrected chi connectivity index (χ0v) is 12.6. The molecule has 0 rings (SSSR count). The van der Waals surface area contributed by atoms with Crippen molar-refractivity contribution in [1.29, 1.82) is 0 Å². The Morgan fingerprint density at radius 1 is 0.600 bits per heavy atom. The Hall–Kier alpha value is -0.940. The normalized spacial score (nSPS) is 10.5. The molecule has 0 aromatic carbocycles. The van der Waals surface area contributed by atoms with E-state index < -0.39 is 11.9 Å². The number of carbonyl (C=O) groups excluding carboxylic acids is 2. The quantitative estimate of drug-likeness (QED) is 0.307. The molecular weight excluding hydrogens is 256 g/mol. The van der Waals surface area contributed by atoms with Gasteiger partial charge in [0.05, 0.1) is 0 Å². The second-order valence-corrected chi connectivity index (χ2v) is 5.11. The molecule has 0 fully saturated rings. The fourth-order valence-corrected chi connectivity index (χ4v) is 1.94. The van der Waals surface area contributed by atoms with E-state index in [1.165, 1.54) is 0 Å². The molecule has 0 aromatic rings. The standard InChI is InChI=1S/C15H30N2O3/c16-12-8-4-1-2-6-10-14(18)20-15(19)11-7-3-5-9-13-17/h1-13,16-17H2. The topological polar surface area (TPSA) is 95.4 Å². The van der Waals surface area contributed by atoms with E-state index in [-0.39, 0.29) is 0 Å². The summed E-state index contributed by atoms with van der Waals surface area (Å²) in [6.07, 6.45) is 9.40. The lowest BCUT2D eigenvalue weighted by Crippen LogP contribution is -2.11. The molecule has 0 aliphatic carbocycles. The van der Waals surface area contributed by atoms with Crippen molar-refractivity contribution in [3.63, 3.8) is 0 Å². The molecule has 118 valence electrons. The van der Waals surface area contributed by atoms with Crippen molar-refractivity contribution in [3.8, 4) is 0 Å². The number of ether oxygens (including phenoxy) is 1. The van der Waals surface area contributed by atoms with Crippen LogP contribution in [0.1, 0.15) is 70.6 Å². The number of carbonyl (C=O) groups is 2. The molecule has 0 aliphatic rings. The first-order chi connectivity index (χ1) is 9.70. The van der Waals surface area contributed by atoms with E-state index in [0.29, 0.717) is 19.4 Å². The predicted octanol–water partition coefficient (Wildman–Crippen LogP) is 2.26. The number of hydrogen-bond donors (Lipinski definition) is 2. The average Bonchev–Trinajstić information content (AvgIpc) is 2.42. The Kier molecular flexibility index (Phi) is 13.8. The fourth-order valence-electron chi connectivity index (χ4n) is 1.94. The third kappa shape index (κ3) is 13.5. The molecule has 4 N–H and O–H groups in total. The maximum absolute atomic E-state index is 11.4. The van der Waals surface area contributed by atoms with Gasteiger partial charge in [0.25, 0.3) is 0 Å². The van der Waals surface area contributed by atoms with Gasteiger partial charge in [-0.1, -0.05) is 32.1 Å². The molecule has 0 amide bonds. The van der Waals surface area contributed by atoms with Crippen LogP contribution in [0.2, 0.25) is 0 Å². The van der Waals surface area contributed by atoms with E-state index in [2.05, 4.69) is 0 Å². The summed E-state index contributed by atoms with van der Waals surface area (Å²) in [7, 11) is 0. The van der Waals surface area contributed by atoms with Gasteiger partial charge in [-0.25, -0.2) is 0 Å². The van der Waals surface area contributed by atoms with Crippen molar-refractivity contribution in [2.75, 3.05) is 13.1 Å². The molecule has 0 heterocycles. The highest BCUT2D eigenvalue weighted by molar-refractivity contribution is 5.85. The molecule has 0 spiro atoms. The molecule has 5 heteroatoms. The highest BCUT2D eigenvalue weighted by Crippen LogP contribution is 2.07. The summed E-state index contributed by atoms with van der Waals surface area (Å²) in [6, 6.07) is 0. The molecule has 5 nitrogen and oxygen atoms in total. The minimum atomic E-state index is -0.397. The Bertz CT molecular complexity index is 258. The number of hydrogen-bond acceptors (Lipinski definition) is 5. The fraction of sp³-hybridized carbons (Fsp3) is 0.867. The van der Waals surface area contributed by atoms with Crippen molar-refractivity contribution >= 4 is 11.9 Å². The lowest BCUT2D eigenvalue weighted by Gasteiger charge is -2.03. The summed E-state index contributed by atoms with van der Waals surface area (Å²) in [5, 5.41) is 0. The smallest absolute Gasteiger partial charge is 0.313 e. The van der Waals surface area contributed by atoms with Crippen molar-refractivity contribution in [1.82, 2.24) is 0 Å². The third-order valence-electron chi connectivity index (χ3n) is 3.15. The van der Waals surface area contributed by atoms with Crippen molar-refractivity contribution in [3.05, 3.63) is 0 Å². The molecule has 0 aliphatic heterocycles. The SMILES string of the molecule is NCCCCCCCC(=O)OC(=O)CCCCCCN. The van der Waals surface area contributed by atoms with Crippen LogP contribution >= 0.6 is 0 Å². The van der Waals surface area contributed by atoms with Gasteiger partial charge in [-0.2, -0.15) is 0 Å². The molecule has 0 atom stereocenters. The van der Waals surface area contributed by atoms with Gasteiger partial charge in [0.2, 0.25) is 0 Å². The van der Waals surface area contributed by atoms with Crippen LogP contribution in [0.5, 0.6) is 0 Å².